The van der Waals surface area contributed by atoms with Crippen molar-refractivity contribution in [1.29, 1.82) is 0 Å². The van der Waals surface area contributed by atoms with Crippen molar-refractivity contribution in [2.24, 2.45) is 11.7 Å². The van der Waals surface area contributed by atoms with E-state index >= 15 is 0 Å². The molecule has 2 aromatic rings. The van der Waals surface area contributed by atoms with Crippen LogP contribution in [0.4, 0.5) is 5.82 Å². The molecule has 5 nitrogen and oxygen atoms in total. The third-order valence-electron chi connectivity index (χ3n) is 4.86. The average Bonchev–Trinajstić information content (AvgIpc) is 3.18. The second-order valence-corrected chi connectivity index (χ2v) is 7.25. The predicted molar refractivity (Wildman–Crippen MR) is 96.5 cm³/mol. The van der Waals surface area contributed by atoms with Crippen LogP contribution in [-0.2, 0) is 0 Å². The highest BCUT2D eigenvalue weighted by Crippen LogP contribution is 2.35. The molecule has 2 unspecified atom stereocenters. The van der Waals surface area contributed by atoms with Crippen LogP contribution in [0, 0.1) is 5.92 Å². The molecule has 4 heterocycles. The maximum Gasteiger partial charge on any atom is 0.160 e. The average molecular weight is 332 g/mol. The van der Waals surface area contributed by atoms with Crippen LogP contribution in [0.2, 0.25) is 0 Å². The lowest BCUT2D eigenvalue weighted by Crippen LogP contribution is -2.46. The highest BCUT2D eigenvalue weighted by atomic mass is 32.1. The van der Waals surface area contributed by atoms with E-state index < -0.39 is 0 Å². The molecule has 2 atom stereocenters. The van der Waals surface area contributed by atoms with E-state index in [2.05, 4.69) is 34.7 Å². The number of pyridine rings is 1. The van der Waals surface area contributed by atoms with Crippen molar-refractivity contribution in [1.82, 2.24) is 9.88 Å². The van der Waals surface area contributed by atoms with Crippen LogP contribution in [0.1, 0.15) is 22.5 Å². The minimum Gasteiger partial charge on any atom is -0.352 e. The second-order valence-electron chi connectivity index (χ2n) is 6.19. The molecule has 23 heavy (non-hydrogen) atoms. The highest BCUT2D eigenvalue weighted by molar-refractivity contribution is 7.20. The first-order valence-electron chi connectivity index (χ1n) is 8.13. The molecule has 2 N–H and O–H groups in total. The summed E-state index contributed by atoms with van der Waals surface area (Å²) in [5, 5.41) is 1.07. The number of hydrogen-bond donors (Lipinski definition) is 1. The van der Waals surface area contributed by atoms with Crippen molar-refractivity contribution in [2.45, 2.75) is 18.9 Å². The van der Waals surface area contributed by atoms with Crippen molar-refractivity contribution in [2.75, 3.05) is 38.6 Å². The molecule has 2 aromatic heterocycles. The molecule has 0 radical (unpaired) electrons. The van der Waals surface area contributed by atoms with Crippen LogP contribution in [-0.4, -0.2) is 55.9 Å². The van der Waals surface area contributed by atoms with E-state index in [4.69, 9.17) is 4.98 Å². The van der Waals surface area contributed by atoms with Gasteiger partial charge in [0.15, 0.2) is 6.29 Å². The summed E-state index contributed by atoms with van der Waals surface area (Å²) < 4.78 is 0. The van der Waals surface area contributed by atoms with Gasteiger partial charge >= 0.3 is 0 Å². The van der Waals surface area contributed by atoms with Gasteiger partial charge in [-0.15, -0.1) is 11.3 Å². The Hall–Kier alpha value is -1.50. The van der Waals surface area contributed by atoms with E-state index in [1.807, 2.05) is 6.07 Å². The van der Waals surface area contributed by atoms with Gasteiger partial charge in [0.1, 0.15) is 10.6 Å². The lowest BCUT2D eigenvalue weighted by molar-refractivity contribution is 0.112. The van der Waals surface area contributed by atoms with Crippen molar-refractivity contribution < 1.29 is 4.79 Å². The maximum atomic E-state index is 10.9. The fraction of sp³-hybridized carbons (Fsp3) is 0.529. The van der Waals surface area contributed by atoms with Crippen LogP contribution >= 0.6 is 11.3 Å². The number of likely N-dealkylation sites (tertiary alicyclic amines) is 1. The van der Waals surface area contributed by atoms with Gasteiger partial charge in [-0.3, -0.25) is 4.79 Å². The van der Waals surface area contributed by atoms with Gasteiger partial charge in [0.25, 0.3) is 0 Å². The smallest absolute Gasteiger partial charge is 0.160 e. The molecule has 6 heteroatoms. The Morgan fingerprint density at radius 3 is 2.87 bits per heavy atom. The fourth-order valence-electron chi connectivity index (χ4n) is 3.73. The number of carbonyl (C=O) groups is 1. The summed E-state index contributed by atoms with van der Waals surface area (Å²) in [6, 6.07) is 6.73. The van der Waals surface area contributed by atoms with Gasteiger partial charge in [0.2, 0.25) is 0 Å². The molecule has 0 aliphatic carbocycles. The number of rotatable bonds is 2. The summed E-state index contributed by atoms with van der Waals surface area (Å²) in [5.41, 5.74) is 4.50. The Morgan fingerprint density at radius 2 is 2.09 bits per heavy atom. The zero-order valence-corrected chi connectivity index (χ0v) is 14.6. The second kappa shape index (κ2) is 6.95. The molecule has 0 aromatic carbocycles. The van der Waals surface area contributed by atoms with Crippen LogP contribution in [0.25, 0.3) is 10.2 Å². The standard InChI is InChI=1S/C16H19N3OS.CH5N/c1-18-6-4-11-5-7-19(14(11)9-18)15-3-2-12-8-13(10-20)21-16(12)17-15;1-2/h2-3,8,10-11,14H,4-7,9H2,1H3;2H2,1H3. The Bertz CT molecular complexity index is 686. The maximum absolute atomic E-state index is 10.9. The summed E-state index contributed by atoms with van der Waals surface area (Å²) in [6.45, 7) is 3.46. The molecule has 2 fully saturated rings. The number of fused-ring (bicyclic) bond motifs is 2. The van der Waals surface area contributed by atoms with Gasteiger partial charge in [-0.2, -0.15) is 0 Å². The minimum absolute atomic E-state index is 0.596. The third kappa shape index (κ3) is 3.11. The van der Waals surface area contributed by atoms with E-state index in [0.29, 0.717) is 6.04 Å². The lowest BCUT2D eigenvalue weighted by atomic mass is 9.92. The Morgan fingerprint density at radius 1 is 1.30 bits per heavy atom. The van der Waals surface area contributed by atoms with Crippen molar-refractivity contribution in [3.8, 4) is 0 Å². The number of hydrogen-bond acceptors (Lipinski definition) is 6. The van der Waals surface area contributed by atoms with Crippen LogP contribution in [0.15, 0.2) is 18.2 Å². The first-order valence-corrected chi connectivity index (χ1v) is 8.95. The number of likely N-dealkylation sites (N-methyl/N-ethyl adjacent to an activating group) is 1. The molecule has 0 bridgehead atoms. The topological polar surface area (TPSA) is 62.5 Å². The molecule has 2 saturated heterocycles. The molecule has 0 saturated carbocycles. The van der Waals surface area contributed by atoms with Crippen LogP contribution in [0.3, 0.4) is 0 Å². The summed E-state index contributed by atoms with van der Waals surface area (Å²) in [7, 11) is 3.71. The van der Waals surface area contributed by atoms with Crippen LogP contribution in [0.5, 0.6) is 0 Å². The zero-order valence-electron chi connectivity index (χ0n) is 13.7. The minimum atomic E-state index is 0.596. The van der Waals surface area contributed by atoms with Crippen molar-refractivity contribution >= 4 is 33.7 Å². The van der Waals surface area contributed by atoms with E-state index in [0.717, 1.165) is 46.2 Å². The number of thiophene rings is 1. The van der Waals surface area contributed by atoms with E-state index in [-0.39, 0.29) is 0 Å². The first-order chi connectivity index (χ1) is 11.2. The molecular formula is C17H24N4OS. The number of carbonyl (C=O) groups excluding carboxylic acids is 1. The first kappa shape index (κ1) is 16.4. The quantitative estimate of drug-likeness (QED) is 0.855. The Balaban J connectivity index is 0.000000753. The predicted octanol–water partition coefficient (Wildman–Crippen LogP) is 2.21. The molecule has 2 aliphatic rings. The monoisotopic (exact) mass is 332 g/mol. The normalized spacial score (nSPS) is 24.2. The van der Waals surface area contributed by atoms with Crippen LogP contribution < -0.4 is 10.6 Å². The number of nitrogens with zero attached hydrogens (tertiary/aromatic N) is 3. The number of aromatic nitrogens is 1. The van der Waals surface area contributed by atoms with E-state index in [9.17, 15) is 4.79 Å². The molecule has 4 rings (SSSR count). The molecule has 2 aliphatic heterocycles. The molecule has 124 valence electrons. The highest BCUT2D eigenvalue weighted by Gasteiger charge is 2.38. The Labute approximate surface area is 141 Å². The lowest BCUT2D eigenvalue weighted by Gasteiger charge is -2.37. The SMILES string of the molecule is CN.CN1CCC2CCN(c3ccc4cc(C=O)sc4n3)C2C1. The number of aldehydes is 1. The summed E-state index contributed by atoms with van der Waals surface area (Å²) in [4.78, 5) is 22.3. The molecule has 0 spiro atoms. The van der Waals surface area contributed by atoms with Crippen molar-refractivity contribution in [3.05, 3.63) is 23.1 Å². The van der Waals surface area contributed by atoms with Gasteiger partial charge in [0, 0.05) is 24.5 Å². The largest absolute Gasteiger partial charge is 0.352 e. The summed E-state index contributed by atoms with van der Waals surface area (Å²) in [6.07, 6.45) is 3.49. The summed E-state index contributed by atoms with van der Waals surface area (Å²) >= 11 is 1.48. The van der Waals surface area contributed by atoms with Crippen molar-refractivity contribution in [3.63, 3.8) is 0 Å². The van der Waals surface area contributed by atoms with Gasteiger partial charge in [-0.05, 0) is 57.6 Å². The Kier molecular flexibility index (Phi) is 4.94. The van der Waals surface area contributed by atoms with E-state index in [1.165, 1.54) is 37.8 Å². The number of piperidine rings is 1. The number of nitrogens with two attached hydrogens (primary N) is 1. The fourth-order valence-corrected chi connectivity index (χ4v) is 4.57. The number of anilines is 1. The van der Waals surface area contributed by atoms with E-state index in [1.54, 1.807) is 0 Å². The third-order valence-corrected chi connectivity index (χ3v) is 5.83. The van der Waals surface area contributed by atoms with Gasteiger partial charge in [0.05, 0.1) is 4.88 Å². The van der Waals surface area contributed by atoms with Gasteiger partial charge in [-0.1, -0.05) is 0 Å². The zero-order chi connectivity index (χ0) is 16.4. The summed E-state index contributed by atoms with van der Waals surface area (Å²) in [5.74, 6) is 1.89. The molecule has 0 amide bonds. The molecular weight excluding hydrogens is 308 g/mol. The van der Waals surface area contributed by atoms with Gasteiger partial charge < -0.3 is 15.5 Å². The van der Waals surface area contributed by atoms with Gasteiger partial charge in [-0.25, -0.2) is 4.98 Å².